The highest BCUT2D eigenvalue weighted by atomic mass is 32.2. The Labute approximate surface area is 169 Å². The van der Waals surface area contributed by atoms with Crippen LogP contribution < -0.4 is 5.32 Å². The number of fused-ring (bicyclic) bond motifs is 2. The zero-order valence-electron chi connectivity index (χ0n) is 15.8. The first-order valence-electron chi connectivity index (χ1n) is 9.71. The van der Waals surface area contributed by atoms with E-state index in [-0.39, 0.29) is 6.04 Å². The zero-order chi connectivity index (χ0) is 18.9. The molecule has 0 bridgehead atoms. The van der Waals surface area contributed by atoms with Gasteiger partial charge in [0.15, 0.2) is 5.17 Å². The predicted octanol–water partition coefficient (Wildman–Crippen LogP) is 6.32. The lowest BCUT2D eigenvalue weighted by atomic mass is 9.98. The van der Waals surface area contributed by atoms with Crippen LogP contribution in [-0.4, -0.2) is 11.2 Å². The quantitative estimate of drug-likeness (QED) is 0.420. The van der Waals surface area contributed by atoms with Crippen molar-refractivity contribution >= 4 is 38.5 Å². The van der Waals surface area contributed by atoms with E-state index < -0.39 is 0 Å². The Morgan fingerprint density at radius 2 is 1.43 bits per heavy atom. The minimum atomic E-state index is 0.188. The summed E-state index contributed by atoms with van der Waals surface area (Å²) in [4.78, 5) is 4.98. The molecule has 0 spiro atoms. The summed E-state index contributed by atoms with van der Waals surface area (Å²) >= 11 is 1.81. The molecule has 1 aliphatic rings. The SMILES string of the molecule is C[C@@H]1NC(SCc2c3ccccc3cc3ccccc23)=N[C@@H]1c1ccccc1. The molecule has 0 unspecified atom stereocenters. The molecule has 0 radical (unpaired) electrons. The largest absolute Gasteiger partial charge is 0.360 e. The normalized spacial score (nSPS) is 19.0. The van der Waals surface area contributed by atoms with Gasteiger partial charge in [-0.3, -0.25) is 4.99 Å². The number of hydrogen-bond acceptors (Lipinski definition) is 3. The highest BCUT2D eigenvalue weighted by Crippen LogP contribution is 2.33. The van der Waals surface area contributed by atoms with Crippen molar-refractivity contribution in [3.05, 3.63) is 96.1 Å². The van der Waals surface area contributed by atoms with Gasteiger partial charge in [-0.2, -0.15) is 0 Å². The Bertz CT molecular complexity index is 1110. The maximum Gasteiger partial charge on any atom is 0.157 e. The van der Waals surface area contributed by atoms with Crippen LogP contribution in [0, 0.1) is 0 Å². The van der Waals surface area contributed by atoms with E-state index in [1.165, 1.54) is 32.7 Å². The number of nitrogens with zero attached hydrogens (tertiary/aromatic N) is 1. The molecule has 0 saturated heterocycles. The van der Waals surface area contributed by atoms with Crippen molar-refractivity contribution in [2.45, 2.75) is 24.8 Å². The molecule has 4 aromatic carbocycles. The van der Waals surface area contributed by atoms with Gasteiger partial charge in [0.1, 0.15) is 0 Å². The third-order valence-electron chi connectivity index (χ3n) is 5.46. The van der Waals surface area contributed by atoms with Gasteiger partial charge in [-0.1, -0.05) is 90.6 Å². The van der Waals surface area contributed by atoms with Gasteiger partial charge in [-0.15, -0.1) is 0 Å². The molecular formula is C25H22N2S. The molecule has 0 aliphatic carbocycles. The summed E-state index contributed by atoms with van der Waals surface area (Å²) < 4.78 is 0. The van der Waals surface area contributed by atoms with Gasteiger partial charge in [0.25, 0.3) is 0 Å². The van der Waals surface area contributed by atoms with Gasteiger partial charge >= 0.3 is 0 Å². The molecule has 3 heteroatoms. The molecule has 138 valence electrons. The first-order valence-corrected chi connectivity index (χ1v) is 10.7. The van der Waals surface area contributed by atoms with E-state index >= 15 is 0 Å². The highest BCUT2D eigenvalue weighted by Gasteiger charge is 2.26. The van der Waals surface area contributed by atoms with Crippen molar-refractivity contribution < 1.29 is 0 Å². The molecule has 0 amide bonds. The number of rotatable bonds is 3. The highest BCUT2D eigenvalue weighted by molar-refractivity contribution is 8.13. The molecule has 1 heterocycles. The Balaban J connectivity index is 1.47. The molecule has 1 N–H and O–H groups in total. The van der Waals surface area contributed by atoms with Crippen molar-refractivity contribution in [3.63, 3.8) is 0 Å². The topological polar surface area (TPSA) is 24.4 Å². The van der Waals surface area contributed by atoms with Crippen molar-refractivity contribution in [3.8, 4) is 0 Å². The monoisotopic (exact) mass is 382 g/mol. The van der Waals surface area contributed by atoms with Crippen molar-refractivity contribution in [1.82, 2.24) is 5.32 Å². The van der Waals surface area contributed by atoms with Crippen molar-refractivity contribution in [1.29, 1.82) is 0 Å². The third-order valence-corrected chi connectivity index (χ3v) is 6.39. The van der Waals surface area contributed by atoms with Crippen LogP contribution in [0.5, 0.6) is 0 Å². The van der Waals surface area contributed by atoms with E-state index in [0.29, 0.717) is 6.04 Å². The van der Waals surface area contributed by atoms with E-state index in [1.54, 1.807) is 0 Å². The van der Waals surface area contributed by atoms with Gasteiger partial charge in [0.2, 0.25) is 0 Å². The van der Waals surface area contributed by atoms with E-state index in [2.05, 4.69) is 97.2 Å². The Kier molecular flexibility index (Phi) is 4.53. The molecule has 0 saturated carbocycles. The second-order valence-corrected chi connectivity index (χ2v) is 8.27. The number of benzene rings is 4. The molecule has 0 fully saturated rings. The van der Waals surface area contributed by atoms with Gasteiger partial charge in [0, 0.05) is 5.75 Å². The predicted molar refractivity (Wildman–Crippen MR) is 122 cm³/mol. The number of aliphatic imine (C=N–C) groups is 1. The first kappa shape index (κ1) is 17.3. The molecule has 2 atom stereocenters. The molecule has 2 nitrogen and oxygen atoms in total. The van der Waals surface area contributed by atoms with Crippen LogP contribution in [0.15, 0.2) is 89.9 Å². The molecular weight excluding hydrogens is 360 g/mol. The fourth-order valence-corrected chi connectivity index (χ4v) is 5.09. The summed E-state index contributed by atoms with van der Waals surface area (Å²) in [5, 5.41) is 9.89. The van der Waals surface area contributed by atoms with Crippen LogP contribution in [0.2, 0.25) is 0 Å². The number of hydrogen-bond donors (Lipinski definition) is 1. The molecule has 1 aliphatic heterocycles. The van der Waals surface area contributed by atoms with Gasteiger partial charge in [-0.05, 0) is 45.7 Å². The molecule has 28 heavy (non-hydrogen) atoms. The number of thioether (sulfide) groups is 1. The summed E-state index contributed by atoms with van der Waals surface area (Å²) in [6.07, 6.45) is 0. The van der Waals surface area contributed by atoms with Crippen LogP contribution in [0.25, 0.3) is 21.5 Å². The van der Waals surface area contributed by atoms with Crippen molar-refractivity contribution in [2.75, 3.05) is 0 Å². The minimum Gasteiger partial charge on any atom is -0.360 e. The lowest BCUT2D eigenvalue weighted by Crippen LogP contribution is -2.27. The van der Waals surface area contributed by atoms with Crippen LogP contribution in [-0.2, 0) is 5.75 Å². The second kappa shape index (κ2) is 7.33. The summed E-state index contributed by atoms with van der Waals surface area (Å²) in [5.74, 6) is 0.905. The van der Waals surface area contributed by atoms with Crippen LogP contribution >= 0.6 is 11.8 Å². The Hall–Kier alpha value is -2.78. The summed E-state index contributed by atoms with van der Waals surface area (Å²) in [6.45, 7) is 2.21. The standard InChI is InChI=1S/C25H22N2S/c1-17-24(18-9-3-2-4-10-18)27-25(26-17)28-16-23-21-13-7-5-11-19(21)15-20-12-6-8-14-22(20)23/h2-15,17,24H,16H2,1H3,(H,26,27)/t17-,24-/m0/s1. The fourth-order valence-electron chi connectivity index (χ4n) is 4.05. The average molecular weight is 383 g/mol. The molecule has 5 rings (SSSR count). The summed E-state index contributed by atoms with van der Waals surface area (Å²) in [5.41, 5.74) is 2.66. The van der Waals surface area contributed by atoms with Crippen LogP contribution in [0.1, 0.15) is 24.1 Å². The van der Waals surface area contributed by atoms with Gasteiger partial charge in [0.05, 0.1) is 12.1 Å². The maximum atomic E-state index is 4.98. The Morgan fingerprint density at radius 1 is 0.821 bits per heavy atom. The van der Waals surface area contributed by atoms with Crippen molar-refractivity contribution in [2.24, 2.45) is 4.99 Å². The van der Waals surface area contributed by atoms with Gasteiger partial charge < -0.3 is 5.32 Å². The second-order valence-electron chi connectivity index (χ2n) is 7.31. The minimum absolute atomic E-state index is 0.188. The van der Waals surface area contributed by atoms with E-state index in [1.807, 2.05) is 11.8 Å². The first-order chi connectivity index (χ1) is 13.8. The van der Waals surface area contributed by atoms with E-state index in [4.69, 9.17) is 4.99 Å². The average Bonchev–Trinajstić information content (AvgIpc) is 3.12. The Morgan fingerprint density at radius 3 is 2.11 bits per heavy atom. The van der Waals surface area contributed by atoms with Crippen LogP contribution in [0.3, 0.4) is 0 Å². The fraction of sp³-hybridized carbons (Fsp3) is 0.160. The smallest absolute Gasteiger partial charge is 0.157 e. The summed E-state index contributed by atoms with van der Waals surface area (Å²) in [6, 6.07) is 30.7. The number of nitrogens with one attached hydrogen (secondary N) is 1. The molecule has 0 aromatic heterocycles. The molecule has 4 aromatic rings. The lowest BCUT2D eigenvalue weighted by molar-refractivity contribution is 0.589. The zero-order valence-corrected chi connectivity index (χ0v) is 16.6. The van der Waals surface area contributed by atoms with Gasteiger partial charge in [-0.25, -0.2) is 0 Å². The number of amidine groups is 1. The van der Waals surface area contributed by atoms with E-state index in [9.17, 15) is 0 Å². The third kappa shape index (κ3) is 3.16. The lowest BCUT2D eigenvalue weighted by Gasteiger charge is -2.14. The van der Waals surface area contributed by atoms with E-state index in [0.717, 1.165) is 10.9 Å². The summed E-state index contributed by atoms with van der Waals surface area (Å²) in [7, 11) is 0. The van der Waals surface area contributed by atoms with Crippen LogP contribution in [0.4, 0.5) is 0 Å². The maximum absolute atomic E-state index is 4.98.